The van der Waals surface area contributed by atoms with Gasteiger partial charge in [-0.1, -0.05) is 23.8 Å². The van der Waals surface area contributed by atoms with Crippen LogP contribution in [-0.4, -0.2) is 24.7 Å². The van der Waals surface area contributed by atoms with Crippen LogP contribution in [0.3, 0.4) is 0 Å². The van der Waals surface area contributed by atoms with Crippen molar-refractivity contribution in [2.75, 3.05) is 13.7 Å². The standard InChI is InChI=1S/C19H23NO3/c1-5-14-13-9-12(3)11-19(14,18(21)23-6-2)15-7-8-17(22-4)20-16(15)10-13/h5,7-9,13H,6,10-11H2,1-4H3/b14-5+. The number of hydrogen-bond donors (Lipinski definition) is 0. The highest BCUT2D eigenvalue weighted by Gasteiger charge is 2.53. The second kappa shape index (κ2) is 5.84. The van der Waals surface area contributed by atoms with Crippen LogP contribution in [-0.2, 0) is 21.4 Å². The summed E-state index contributed by atoms with van der Waals surface area (Å²) in [5, 5.41) is 0. The molecule has 2 bridgehead atoms. The highest BCUT2D eigenvalue weighted by atomic mass is 16.5. The lowest BCUT2D eigenvalue weighted by atomic mass is 9.58. The van der Waals surface area contributed by atoms with Gasteiger partial charge in [0.05, 0.1) is 19.4 Å². The van der Waals surface area contributed by atoms with Crippen LogP contribution < -0.4 is 4.74 Å². The molecule has 1 aromatic rings. The third-order valence-electron chi connectivity index (χ3n) is 4.89. The SMILES string of the molecule is C/C=C1\C2C=C(C)CC1(C(=O)OCC)c1ccc(OC)nc1C2. The minimum atomic E-state index is -0.735. The number of methoxy groups -OCH3 is 1. The number of fused-ring (bicyclic) bond motifs is 4. The van der Waals surface area contributed by atoms with Crippen molar-refractivity contribution >= 4 is 5.97 Å². The lowest BCUT2D eigenvalue weighted by molar-refractivity contribution is -0.149. The van der Waals surface area contributed by atoms with Crippen LogP contribution in [0.5, 0.6) is 5.88 Å². The quantitative estimate of drug-likeness (QED) is 0.634. The molecular formula is C19H23NO3. The molecule has 0 aliphatic heterocycles. The van der Waals surface area contributed by atoms with E-state index in [9.17, 15) is 4.79 Å². The van der Waals surface area contributed by atoms with Gasteiger partial charge in [0.2, 0.25) is 5.88 Å². The van der Waals surface area contributed by atoms with E-state index in [1.54, 1.807) is 7.11 Å². The van der Waals surface area contributed by atoms with Crippen LogP contribution in [0.4, 0.5) is 0 Å². The van der Waals surface area contributed by atoms with Crippen molar-refractivity contribution < 1.29 is 14.3 Å². The van der Waals surface area contributed by atoms with Gasteiger partial charge in [-0.05, 0) is 38.3 Å². The van der Waals surface area contributed by atoms with Crippen LogP contribution in [0.1, 0.15) is 38.4 Å². The summed E-state index contributed by atoms with van der Waals surface area (Å²) in [4.78, 5) is 17.6. The number of ether oxygens (including phenoxy) is 2. The Hall–Kier alpha value is -2.10. The Bertz CT molecular complexity index is 705. The van der Waals surface area contributed by atoms with Crippen LogP contribution in [0.2, 0.25) is 0 Å². The van der Waals surface area contributed by atoms with Crippen molar-refractivity contribution in [1.82, 2.24) is 4.98 Å². The summed E-state index contributed by atoms with van der Waals surface area (Å²) < 4.78 is 10.7. The summed E-state index contributed by atoms with van der Waals surface area (Å²) in [6.07, 6.45) is 5.79. The molecule has 2 unspecified atom stereocenters. The van der Waals surface area contributed by atoms with Crippen molar-refractivity contribution in [1.29, 1.82) is 0 Å². The van der Waals surface area contributed by atoms with E-state index in [-0.39, 0.29) is 11.9 Å². The maximum absolute atomic E-state index is 13.0. The number of carbonyl (C=O) groups excluding carboxylic acids is 1. The van der Waals surface area contributed by atoms with Gasteiger partial charge in [0.1, 0.15) is 5.41 Å². The first kappa shape index (κ1) is 15.8. The Morgan fingerprint density at radius 1 is 1.48 bits per heavy atom. The zero-order valence-electron chi connectivity index (χ0n) is 14.2. The number of pyridine rings is 1. The fourth-order valence-electron chi connectivity index (χ4n) is 4.11. The van der Waals surface area contributed by atoms with E-state index in [2.05, 4.69) is 24.1 Å². The summed E-state index contributed by atoms with van der Waals surface area (Å²) >= 11 is 0. The molecule has 0 saturated heterocycles. The summed E-state index contributed by atoms with van der Waals surface area (Å²) in [7, 11) is 1.61. The largest absolute Gasteiger partial charge is 0.481 e. The van der Waals surface area contributed by atoms with E-state index >= 15 is 0 Å². The third-order valence-corrected chi connectivity index (χ3v) is 4.89. The van der Waals surface area contributed by atoms with Crippen LogP contribution in [0, 0.1) is 5.92 Å². The second-order valence-electron chi connectivity index (χ2n) is 6.22. The molecule has 2 aliphatic carbocycles. The van der Waals surface area contributed by atoms with Gasteiger partial charge < -0.3 is 9.47 Å². The number of esters is 1. The Morgan fingerprint density at radius 2 is 2.26 bits per heavy atom. The van der Waals surface area contributed by atoms with E-state index in [4.69, 9.17) is 9.47 Å². The molecule has 23 heavy (non-hydrogen) atoms. The number of nitrogens with zero attached hydrogens (tertiary/aromatic N) is 1. The molecule has 0 saturated carbocycles. The van der Waals surface area contributed by atoms with Crippen LogP contribution >= 0.6 is 0 Å². The summed E-state index contributed by atoms with van der Waals surface area (Å²) in [6, 6.07) is 3.82. The second-order valence-corrected chi connectivity index (χ2v) is 6.22. The maximum Gasteiger partial charge on any atom is 0.321 e. The van der Waals surface area contributed by atoms with Gasteiger partial charge in [-0.25, -0.2) is 4.98 Å². The molecule has 4 heteroatoms. The molecule has 122 valence electrons. The van der Waals surface area contributed by atoms with E-state index in [0.29, 0.717) is 18.9 Å². The van der Waals surface area contributed by atoms with Gasteiger partial charge in [0.25, 0.3) is 0 Å². The minimum absolute atomic E-state index is 0.168. The van der Waals surface area contributed by atoms with E-state index < -0.39 is 5.41 Å². The fraction of sp³-hybridized carbons (Fsp3) is 0.474. The van der Waals surface area contributed by atoms with Gasteiger partial charge in [0.15, 0.2) is 0 Å². The topological polar surface area (TPSA) is 48.4 Å². The van der Waals surface area contributed by atoms with Crippen molar-refractivity contribution in [2.45, 2.75) is 39.0 Å². The van der Waals surface area contributed by atoms with Gasteiger partial charge in [0, 0.05) is 18.4 Å². The monoisotopic (exact) mass is 313 g/mol. The molecule has 0 aromatic carbocycles. The summed E-state index contributed by atoms with van der Waals surface area (Å²) in [6.45, 7) is 6.33. The number of allylic oxidation sites excluding steroid dienone is 3. The number of hydrogen-bond acceptors (Lipinski definition) is 4. The average Bonchev–Trinajstić information content (AvgIpc) is 2.53. The zero-order chi connectivity index (χ0) is 16.6. The van der Waals surface area contributed by atoms with Crippen LogP contribution in [0.15, 0.2) is 35.4 Å². The molecule has 0 N–H and O–H groups in total. The highest BCUT2D eigenvalue weighted by molar-refractivity contribution is 5.90. The third kappa shape index (κ3) is 2.28. The molecular weight excluding hydrogens is 290 g/mol. The van der Waals surface area contributed by atoms with E-state index in [1.807, 2.05) is 26.0 Å². The Labute approximate surface area is 137 Å². The van der Waals surface area contributed by atoms with Crippen molar-refractivity contribution in [3.63, 3.8) is 0 Å². The average molecular weight is 313 g/mol. The van der Waals surface area contributed by atoms with Gasteiger partial charge >= 0.3 is 5.97 Å². The summed E-state index contributed by atoms with van der Waals surface area (Å²) in [5.41, 5.74) is 3.54. The molecule has 1 heterocycles. The molecule has 1 aromatic heterocycles. The van der Waals surface area contributed by atoms with Crippen molar-refractivity contribution in [2.24, 2.45) is 5.92 Å². The first-order valence-corrected chi connectivity index (χ1v) is 8.12. The number of rotatable bonds is 3. The minimum Gasteiger partial charge on any atom is -0.481 e. The summed E-state index contributed by atoms with van der Waals surface area (Å²) in [5.74, 6) is 0.620. The number of carbonyl (C=O) groups is 1. The van der Waals surface area contributed by atoms with Gasteiger partial charge in [-0.3, -0.25) is 4.79 Å². The van der Waals surface area contributed by atoms with Crippen LogP contribution in [0.25, 0.3) is 0 Å². The molecule has 0 radical (unpaired) electrons. The fourth-order valence-corrected chi connectivity index (χ4v) is 4.11. The molecule has 4 nitrogen and oxygen atoms in total. The molecule has 0 amide bonds. The molecule has 0 fully saturated rings. The molecule has 2 aliphatic rings. The van der Waals surface area contributed by atoms with Gasteiger partial charge in [-0.2, -0.15) is 0 Å². The van der Waals surface area contributed by atoms with E-state index in [0.717, 1.165) is 23.3 Å². The van der Waals surface area contributed by atoms with Crippen molar-refractivity contribution in [3.8, 4) is 5.88 Å². The molecule has 3 rings (SSSR count). The maximum atomic E-state index is 13.0. The lowest BCUT2D eigenvalue weighted by Crippen LogP contribution is -2.47. The molecule has 2 atom stereocenters. The first-order valence-electron chi connectivity index (χ1n) is 8.12. The Morgan fingerprint density at radius 3 is 2.91 bits per heavy atom. The predicted octanol–water partition coefficient (Wildman–Crippen LogP) is 3.36. The predicted molar refractivity (Wildman–Crippen MR) is 88.4 cm³/mol. The first-order chi connectivity index (χ1) is 11.1. The number of aromatic nitrogens is 1. The van der Waals surface area contributed by atoms with Gasteiger partial charge in [-0.15, -0.1) is 0 Å². The van der Waals surface area contributed by atoms with E-state index in [1.165, 1.54) is 5.57 Å². The normalized spacial score (nSPS) is 27.2. The Balaban J connectivity index is 2.25. The smallest absolute Gasteiger partial charge is 0.321 e. The lowest BCUT2D eigenvalue weighted by Gasteiger charge is -2.45. The Kier molecular flexibility index (Phi) is 4.00. The highest BCUT2D eigenvalue weighted by Crippen LogP contribution is 2.52. The van der Waals surface area contributed by atoms with Crippen molar-refractivity contribution in [3.05, 3.63) is 46.7 Å². The zero-order valence-corrected chi connectivity index (χ0v) is 14.2. The molecule has 0 spiro atoms.